The van der Waals surface area contributed by atoms with E-state index in [-0.39, 0.29) is 18.3 Å². The van der Waals surface area contributed by atoms with Gasteiger partial charge in [-0.05, 0) is 12.8 Å². The number of ether oxygens (including phenoxy) is 9. The van der Waals surface area contributed by atoms with Crippen molar-refractivity contribution in [2.45, 2.75) is 122 Å². The molecule has 18 nitrogen and oxygen atoms in total. The van der Waals surface area contributed by atoms with Crippen LogP contribution in [0.3, 0.4) is 0 Å². The van der Waals surface area contributed by atoms with Crippen molar-refractivity contribution in [1.82, 2.24) is 5.32 Å². The number of amides is 1. The van der Waals surface area contributed by atoms with Gasteiger partial charge in [-0.25, -0.2) is 0 Å². The van der Waals surface area contributed by atoms with Crippen LogP contribution in [0.5, 0.6) is 0 Å². The molecule has 4 unspecified atom stereocenters. The summed E-state index contributed by atoms with van der Waals surface area (Å²) < 4.78 is 50.8. The molecular weight excluding hydrogens is 690 g/mol. The van der Waals surface area contributed by atoms with E-state index in [1.165, 1.54) is 25.6 Å². The zero-order valence-electron chi connectivity index (χ0n) is 29.1. The first kappa shape index (κ1) is 43.3. The second-order valence-corrected chi connectivity index (χ2v) is 12.8. The van der Waals surface area contributed by atoms with Crippen LogP contribution >= 0.6 is 11.8 Å². The SMILES string of the molecule is CC(=O)NC1[C@H](OCCOCCCCCSC(C)=O)OC(CO)[C@H](O)[C@@H]1O[C@@H]1OC(COC(C)=O)[C@H](OC(C)=O)[C@H](OC(C)=O)C1OC(C)=O. The Morgan fingerprint density at radius 1 is 0.700 bits per heavy atom. The van der Waals surface area contributed by atoms with Gasteiger partial charge >= 0.3 is 23.9 Å². The zero-order valence-corrected chi connectivity index (χ0v) is 29.9. The summed E-state index contributed by atoms with van der Waals surface area (Å²) in [6.45, 7) is 6.34. The molecule has 0 aromatic carbocycles. The highest BCUT2D eigenvalue weighted by atomic mass is 32.2. The van der Waals surface area contributed by atoms with Gasteiger partial charge in [0.05, 0.1) is 19.8 Å². The lowest BCUT2D eigenvalue weighted by Gasteiger charge is -2.48. The average Bonchev–Trinajstić information content (AvgIpc) is 3.01. The number of esters is 4. The summed E-state index contributed by atoms with van der Waals surface area (Å²) in [6.07, 6.45) is -10.9. The van der Waals surface area contributed by atoms with Gasteiger partial charge in [-0.1, -0.05) is 18.2 Å². The summed E-state index contributed by atoms with van der Waals surface area (Å²) in [4.78, 5) is 71.6. The number of nitrogens with one attached hydrogen (secondary N) is 1. The Kier molecular flexibility index (Phi) is 19.1. The van der Waals surface area contributed by atoms with Crippen LogP contribution in [-0.2, 0) is 71.4 Å². The van der Waals surface area contributed by atoms with Gasteiger partial charge in [-0.15, -0.1) is 0 Å². The van der Waals surface area contributed by atoms with Gasteiger partial charge in [0.15, 0.2) is 36.0 Å². The van der Waals surface area contributed by atoms with Crippen molar-refractivity contribution in [3.05, 3.63) is 0 Å². The molecular formula is C31H49NO17S. The summed E-state index contributed by atoms with van der Waals surface area (Å²) in [5.41, 5.74) is 0. The zero-order chi connectivity index (χ0) is 37.4. The third-order valence-electron chi connectivity index (χ3n) is 7.21. The van der Waals surface area contributed by atoms with Gasteiger partial charge in [0.25, 0.3) is 0 Å². The van der Waals surface area contributed by atoms with E-state index in [4.69, 9.17) is 42.6 Å². The molecule has 0 aromatic heterocycles. The molecule has 2 aliphatic heterocycles. The molecule has 0 bridgehead atoms. The molecule has 1 amide bonds. The van der Waals surface area contributed by atoms with Crippen molar-refractivity contribution < 1.29 is 81.6 Å². The van der Waals surface area contributed by atoms with E-state index < -0.39 is 104 Å². The fraction of sp³-hybridized carbons (Fsp3) is 0.806. The lowest BCUT2D eigenvalue weighted by atomic mass is 9.95. The average molecular weight is 740 g/mol. The van der Waals surface area contributed by atoms with Crippen LogP contribution in [-0.4, -0.2) is 145 Å². The lowest BCUT2D eigenvalue weighted by molar-refractivity contribution is -0.347. The van der Waals surface area contributed by atoms with E-state index in [0.717, 1.165) is 52.7 Å². The fourth-order valence-corrected chi connectivity index (χ4v) is 5.87. The Bertz CT molecular complexity index is 1140. The molecule has 0 saturated carbocycles. The van der Waals surface area contributed by atoms with Gasteiger partial charge in [-0.3, -0.25) is 28.8 Å². The van der Waals surface area contributed by atoms with Crippen LogP contribution < -0.4 is 5.32 Å². The molecule has 0 spiro atoms. The number of unbranched alkanes of at least 4 members (excludes halogenated alkanes) is 2. The number of carbonyl (C=O) groups excluding carboxylic acids is 6. The maximum absolute atomic E-state index is 12.3. The molecule has 2 heterocycles. The molecule has 0 aliphatic carbocycles. The Morgan fingerprint density at radius 2 is 1.32 bits per heavy atom. The summed E-state index contributed by atoms with van der Waals surface area (Å²) >= 11 is 1.27. The maximum atomic E-state index is 12.3. The van der Waals surface area contributed by atoms with Crippen molar-refractivity contribution in [2.75, 3.05) is 38.8 Å². The summed E-state index contributed by atoms with van der Waals surface area (Å²) in [6, 6.07) is -1.25. The summed E-state index contributed by atoms with van der Waals surface area (Å²) in [5.74, 6) is -3.12. The Balaban J connectivity index is 2.32. The van der Waals surface area contributed by atoms with Crippen LogP contribution in [0, 0.1) is 0 Å². The molecule has 3 N–H and O–H groups in total. The molecule has 2 rings (SSSR count). The van der Waals surface area contributed by atoms with E-state index >= 15 is 0 Å². The molecule has 2 aliphatic rings. The van der Waals surface area contributed by atoms with Crippen molar-refractivity contribution in [3.8, 4) is 0 Å². The summed E-state index contributed by atoms with van der Waals surface area (Å²) in [5, 5.41) is 24.0. The number of thioether (sulfide) groups is 1. The standard InChI is InChI=1S/C31H49NO17S/c1-16(34)32-24-27(25(40)22(14-33)47-30(24)42-12-11-41-10-8-7-9-13-50-21(6)39)49-31-29(46-20(5)38)28(45-19(4)37)26(44-18(3)36)23(48-31)15-43-17(2)35/h22-31,33,40H,7-15H2,1-6H3,(H,32,34)/t22?,23?,24?,25-,26-,27+,28-,29?,30+,31-/m0/s1. The number of carbonyl (C=O) groups is 6. The van der Waals surface area contributed by atoms with Crippen LogP contribution in [0.2, 0.25) is 0 Å². The number of aliphatic hydroxyl groups is 2. The maximum Gasteiger partial charge on any atom is 0.303 e. The van der Waals surface area contributed by atoms with Gasteiger partial charge < -0.3 is 58.2 Å². The van der Waals surface area contributed by atoms with Crippen molar-refractivity contribution in [1.29, 1.82) is 0 Å². The number of hydrogen-bond acceptors (Lipinski definition) is 18. The first-order chi connectivity index (χ1) is 23.6. The largest absolute Gasteiger partial charge is 0.463 e. The minimum absolute atomic E-state index is 0.0268. The second kappa shape index (κ2) is 22.1. The molecule has 2 saturated heterocycles. The predicted molar refractivity (Wildman–Crippen MR) is 170 cm³/mol. The smallest absolute Gasteiger partial charge is 0.303 e. The van der Waals surface area contributed by atoms with Crippen LogP contribution in [0.25, 0.3) is 0 Å². The highest BCUT2D eigenvalue weighted by molar-refractivity contribution is 8.13. The van der Waals surface area contributed by atoms with E-state index in [2.05, 4.69) is 5.32 Å². The molecule has 2 fully saturated rings. The number of hydrogen-bond donors (Lipinski definition) is 3. The van der Waals surface area contributed by atoms with Gasteiger partial charge in [-0.2, -0.15) is 0 Å². The molecule has 0 aromatic rings. The third-order valence-corrected chi connectivity index (χ3v) is 8.11. The number of aliphatic hydroxyl groups excluding tert-OH is 2. The Morgan fingerprint density at radius 3 is 1.90 bits per heavy atom. The molecule has 19 heteroatoms. The van der Waals surface area contributed by atoms with Gasteiger partial charge in [0.2, 0.25) is 5.91 Å². The minimum atomic E-state index is -1.71. The lowest BCUT2D eigenvalue weighted by Crippen LogP contribution is -2.69. The van der Waals surface area contributed by atoms with E-state index in [1.54, 1.807) is 0 Å². The minimum Gasteiger partial charge on any atom is -0.463 e. The van der Waals surface area contributed by atoms with E-state index in [9.17, 15) is 39.0 Å². The first-order valence-electron chi connectivity index (χ1n) is 16.1. The monoisotopic (exact) mass is 739 g/mol. The fourth-order valence-electron chi connectivity index (χ4n) is 5.24. The van der Waals surface area contributed by atoms with E-state index in [1.807, 2.05) is 0 Å². The predicted octanol–water partition coefficient (Wildman–Crippen LogP) is -0.479. The Labute approximate surface area is 294 Å². The van der Waals surface area contributed by atoms with Crippen molar-refractivity contribution >= 4 is 46.7 Å². The van der Waals surface area contributed by atoms with Crippen LogP contribution in [0.4, 0.5) is 0 Å². The van der Waals surface area contributed by atoms with E-state index in [0.29, 0.717) is 6.61 Å². The van der Waals surface area contributed by atoms with Crippen molar-refractivity contribution in [3.63, 3.8) is 0 Å². The first-order valence-corrected chi connectivity index (χ1v) is 17.1. The Hall–Kier alpha value is -2.91. The van der Waals surface area contributed by atoms with Crippen molar-refractivity contribution in [2.24, 2.45) is 0 Å². The molecule has 0 radical (unpaired) electrons. The molecule has 286 valence electrons. The summed E-state index contributed by atoms with van der Waals surface area (Å²) in [7, 11) is 0. The van der Waals surface area contributed by atoms with Gasteiger partial charge in [0, 0.05) is 53.9 Å². The number of rotatable bonds is 19. The van der Waals surface area contributed by atoms with Crippen LogP contribution in [0.1, 0.15) is 60.8 Å². The van der Waals surface area contributed by atoms with Gasteiger partial charge in [0.1, 0.15) is 37.1 Å². The molecule has 50 heavy (non-hydrogen) atoms. The normalized spacial score (nSPS) is 29.4. The highest BCUT2D eigenvalue weighted by Crippen LogP contribution is 2.33. The van der Waals surface area contributed by atoms with Crippen LogP contribution in [0.15, 0.2) is 0 Å². The molecule has 10 atom stereocenters. The second-order valence-electron chi connectivity index (χ2n) is 11.5. The quantitative estimate of drug-likeness (QED) is 0.0861. The topological polar surface area (TPSA) is 238 Å². The third kappa shape index (κ3) is 14.7. The highest BCUT2D eigenvalue weighted by Gasteiger charge is 2.56.